The van der Waals surface area contributed by atoms with Crippen molar-refractivity contribution in [2.45, 2.75) is 43.9 Å². The number of nitrogens with zero attached hydrogens (tertiary/aromatic N) is 2. The largest absolute Gasteiger partial charge is 0.507 e. The number of ether oxygens (including phenoxy) is 1. The van der Waals surface area contributed by atoms with Crippen LogP contribution in [-0.2, 0) is 14.9 Å². The highest BCUT2D eigenvalue weighted by atomic mass is 16.6. The number of hydrogen-bond acceptors (Lipinski definition) is 6. The molecule has 0 radical (unpaired) electrons. The summed E-state index contributed by atoms with van der Waals surface area (Å²) in [6.45, 7) is 0. The van der Waals surface area contributed by atoms with Crippen molar-refractivity contribution in [1.29, 1.82) is 0 Å². The van der Waals surface area contributed by atoms with E-state index in [1.54, 1.807) is 0 Å². The lowest BCUT2D eigenvalue weighted by atomic mass is 9.43. The van der Waals surface area contributed by atoms with Gasteiger partial charge in [0, 0.05) is 23.9 Å². The summed E-state index contributed by atoms with van der Waals surface area (Å²) in [4.78, 5) is 27.6. The van der Waals surface area contributed by atoms with Crippen molar-refractivity contribution >= 4 is 23.6 Å². The van der Waals surface area contributed by atoms with Gasteiger partial charge in [-0.05, 0) is 79.5 Å². The minimum absolute atomic E-state index is 0.0127. The number of hydrogen-bond donors (Lipinski definition) is 1. The second-order valence-electron chi connectivity index (χ2n) is 9.82. The van der Waals surface area contributed by atoms with Crippen LogP contribution in [0, 0.1) is 27.4 Å². The Kier molecular flexibility index (Phi) is 4.80. The van der Waals surface area contributed by atoms with Gasteiger partial charge >= 0.3 is 5.97 Å². The summed E-state index contributed by atoms with van der Waals surface area (Å²) in [7, 11) is 1.50. The van der Waals surface area contributed by atoms with E-state index < -0.39 is 4.92 Å². The smallest absolute Gasteiger partial charge is 0.311 e. The lowest BCUT2D eigenvalue weighted by Crippen LogP contribution is -2.57. The van der Waals surface area contributed by atoms with Crippen molar-refractivity contribution in [3.8, 4) is 5.75 Å². The summed E-state index contributed by atoms with van der Waals surface area (Å²) in [5, 5.41) is 20.9. The van der Waals surface area contributed by atoms with Gasteiger partial charge in [0.25, 0.3) is 5.69 Å². The van der Waals surface area contributed by atoms with Crippen LogP contribution in [0.15, 0.2) is 47.5 Å². The summed E-state index contributed by atoms with van der Waals surface area (Å²) >= 11 is 0. The van der Waals surface area contributed by atoms with Crippen LogP contribution < -0.4 is 0 Å². The van der Waals surface area contributed by atoms with Crippen LogP contribution in [0.3, 0.4) is 0 Å². The molecule has 0 aliphatic heterocycles. The maximum Gasteiger partial charge on any atom is 0.311 e. The monoisotopic (exact) mass is 434 g/mol. The van der Waals surface area contributed by atoms with E-state index in [-0.39, 0.29) is 28.2 Å². The zero-order chi connectivity index (χ0) is 22.5. The summed E-state index contributed by atoms with van der Waals surface area (Å²) in [6, 6.07) is 11.9. The van der Waals surface area contributed by atoms with E-state index in [9.17, 15) is 20.0 Å². The number of esters is 1. The Labute approximate surface area is 186 Å². The molecule has 2 unspecified atom stereocenters. The van der Waals surface area contributed by atoms with Gasteiger partial charge in [-0.2, -0.15) is 0 Å². The number of aromatic hydroxyl groups is 1. The van der Waals surface area contributed by atoms with Crippen molar-refractivity contribution in [2.24, 2.45) is 22.2 Å². The van der Waals surface area contributed by atoms with E-state index >= 15 is 0 Å². The number of benzene rings is 2. The van der Waals surface area contributed by atoms with E-state index in [1.165, 1.54) is 43.5 Å². The summed E-state index contributed by atoms with van der Waals surface area (Å²) in [5.74, 6) is 1.04. The van der Waals surface area contributed by atoms with Gasteiger partial charge in [0.1, 0.15) is 5.75 Å². The average molecular weight is 434 g/mol. The van der Waals surface area contributed by atoms with Crippen LogP contribution >= 0.6 is 0 Å². The molecule has 1 N–H and O–H groups in total. The standard InChI is InChI=1S/C25H26N2O5/c1-32-23(29)25-12-16-8-17(13-25)11-24(10-16,15-25)19-2-4-20(5-3-19)26-14-18-9-21(27(30)31)6-7-22(18)28/h2-7,9,14,16-17,28H,8,10-13,15H2,1H3. The van der Waals surface area contributed by atoms with Gasteiger partial charge in [-0.3, -0.25) is 19.9 Å². The van der Waals surface area contributed by atoms with Crippen molar-refractivity contribution in [3.63, 3.8) is 0 Å². The highest BCUT2D eigenvalue weighted by Gasteiger charge is 2.61. The number of aliphatic imine (C=N–C) groups is 1. The molecule has 4 fully saturated rings. The molecule has 0 heterocycles. The predicted octanol–water partition coefficient (Wildman–Crippen LogP) is 5.06. The third-order valence-electron chi connectivity index (χ3n) is 7.73. The first kappa shape index (κ1) is 20.7. The molecule has 2 aromatic carbocycles. The molecule has 7 heteroatoms. The number of phenolic OH excluding ortho intramolecular Hbond substituents is 1. The molecular weight excluding hydrogens is 408 g/mol. The molecule has 166 valence electrons. The molecule has 2 atom stereocenters. The Morgan fingerprint density at radius 3 is 2.47 bits per heavy atom. The Bertz CT molecular complexity index is 1090. The van der Waals surface area contributed by atoms with E-state index in [1.807, 2.05) is 12.1 Å². The molecule has 6 rings (SSSR count). The van der Waals surface area contributed by atoms with E-state index in [0.717, 1.165) is 32.1 Å². The number of non-ortho nitro benzene ring substituents is 1. The number of phenols is 1. The van der Waals surface area contributed by atoms with Gasteiger partial charge < -0.3 is 9.84 Å². The topological polar surface area (TPSA) is 102 Å². The number of carbonyl (C=O) groups is 1. The maximum absolute atomic E-state index is 12.7. The lowest BCUT2D eigenvalue weighted by Gasteiger charge is -2.61. The first-order valence-corrected chi connectivity index (χ1v) is 11.0. The number of rotatable bonds is 5. The van der Waals surface area contributed by atoms with Crippen LogP contribution in [-0.4, -0.2) is 29.3 Å². The van der Waals surface area contributed by atoms with Crippen molar-refractivity contribution in [2.75, 3.05) is 7.11 Å². The third-order valence-corrected chi connectivity index (χ3v) is 7.73. The van der Waals surface area contributed by atoms with Crippen molar-refractivity contribution in [3.05, 3.63) is 63.7 Å². The summed E-state index contributed by atoms with van der Waals surface area (Å²) in [6.07, 6.45) is 7.65. The molecule has 32 heavy (non-hydrogen) atoms. The second kappa shape index (κ2) is 7.43. The summed E-state index contributed by atoms with van der Waals surface area (Å²) in [5.41, 5.74) is 1.82. The van der Waals surface area contributed by atoms with Crippen LogP contribution in [0.1, 0.15) is 49.7 Å². The molecule has 4 aliphatic carbocycles. The van der Waals surface area contributed by atoms with Crippen LogP contribution in [0.5, 0.6) is 5.75 Å². The molecule has 7 nitrogen and oxygen atoms in total. The van der Waals surface area contributed by atoms with Crippen molar-refractivity contribution in [1.82, 2.24) is 0 Å². The minimum atomic E-state index is -0.502. The zero-order valence-electron chi connectivity index (χ0n) is 18.0. The first-order valence-electron chi connectivity index (χ1n) is 11.0. The molecular formula is C25H26N2O5. The van der Waals surface area contributed by atoms with Crippen molar-refractivity contribution < 1.29 is 19.6 Å². The molecule has 0 amide bonds. The summed E-state index contributed by atoms with van der Waals surface area (Å²) < 4.78 is 5.22. The SMILES string of the molecule is COC(=O)C12CC3CC(C1)CC(c1ccc(N=Cc4cc([N+](=O)[O-])ccc4O)cc1)(C3)C2. The second-order valence-corrected chi connectivity index (χ2v) is 9.82. The highest BCUT2D eigenvalue weighted by molar-refractivity contribution is 5.86. The Hall–Kier alpha value is -3.22. The molecule has 4 saturated carbocycles. The number of nitro benzene ring substituents is 1. The fourth-order valence-corrected chi connectivity index (χ4v) is 6.86. The lowest BCUT2D eigenvalue weighted by molar-refractivity contribution is -0.384. The normalized spacial score (nSPS) is 30.5. The molecule has 2 aromatic rings. The van der Waals surface area contributed by atoms with Crippen LogP contribution in [0.2, 0.25) is 0 Å². The zero-order valence-corrected chi connectivity index (χ0v) is 18.0. The van der Waals surface area contributed by atoms with E-state index in [0.29, 0.717) is 23.1 Å². The molecule has 0 spiro atoms. The van der Waals surface area contributed by atoms with E-state index in [4.69, 9.17) is 4.74 Å². The average Bonchev–Trinajstić information content (AvgIpc) is 2.77. The minimum Gasteiger partial charge on any atom is -0.507 e. The van der Waals surface area contributed by atoms with Crippen LogP contribution in [0.4, 0.5) is 11.4 Å². The number of nitro groups is 1. The van der Waals surface area contributed by atoms with Gasteiger partial charge in [-0.15, -0.1) is 0 Å². The van der Waals surface area contributed by atoms with Gasteiger partial charge in [-0.1, -0.05) is 12.1 Å². The third kappa shape index (κ3) is 3.36. The van der Waals surface area contributed by atoms with E-state index in [2.05, 4.69) is 17.1 Å². The Morgan fingerprint density at radius 1 is 1.16 bits per heavy atom. The quantitative estimate of drug-likeness (QED) is 0.307. The fraction of sp³-hybridized carbons (Fsp3) is 0.440. The van der Waals surface area contributed by atoms with Gasteiger partial charge in [0.15, 0.2) is 0 Å². The molecule has 4 bridgehead atoms. The molecule has 0 aromatic heterocycles. The van der Waals surface area contributed by atoms with Gasteiger partial charge in [-0.25, -0.2) is 0 Å². The number of carbonyl (C=O) groups excluding carboxylic acids is 1. The maximum atomic E-state index is 12.7. The highest BCUT2D eigenvalue weighted by Crippen LogP contribution is 2.66. The molecule has 4 aliphatic rings. The first-order chi connectivity index (χ1) is 15.3. The predicted molar refractivity (Wildman–Crippen MR) is 119 cm³/mol. The number of methoxy groups -OCH3 is 1. The molecule has 0 saturated heterocycles. The Balaban J connectivity index is 1.40. The van der Waals surface area contributed by atoms with Crippen LogP contribution in [0.25, 0.3) is 0 Å². The fourth-order valence-electron chi connectivity index (χ4n) is 6.86. The Morgan fingerprint density at radius 2 is 1.84 bits per heavy atom. The van der Waals surface area contributed by atoms with Gasteiger partial charge in [0.2, 0.25) is 0 Å². The van der Waals surface area contributed by atoms with Gasteiger partial charge in [0.05, 0.1) is 23.1 Å².